The van der Waals surface area contributed by atoms with Gasteiger partial charge in [0.1, 0.15) is 5.76 Å². The second kappa shape index (κ2) is 7.01. The molecular weight excluding hydrogens is 294 g/mol. The number of carbonyl (C=O) groups is 1. The van der Waals surface area contributed by atoms with Crippen LogP contribution < -0.4 is 0 Å². The first kappa shape index (κ1) is 16.5. The van der Waals surface area contributed by atoms with Crippen molar-refractivity contribution in [2.24, 2.45) is 5.92 Å². The lowest BCUT2D eigenvalue weighted by atomic mass is 9.93. The monoisotopic (exact) mass is 321 g/mol. The van der Waals surface area contributed by atoms with Gasteiger partial charge >= 0.3 is 0 Å². The van der Waals surface area contributed by atoms with Gasteiger partial charge in [0.15, 0.2) is 0 Å². The molecule has 23 heavy (non-hydrogen) atoms. The smallest absolute Gasteiger partial charge is 0.228 e. The largest absolute Gasteiger partial charge is 0.378 e. The molecule has 6 nitrogen and oxygen atoms in total. The number of nitrogens with zero attached hydrogens (tertiary/aromatic N) is 3. The molecule has 0 aromatic carbocycles. The van der Waals surface area contributed by atoms with E-state index < -0.39 is 0 Å². The van der Waals surface area contributed by atoms with Crippen LogP contribution >= 0.6 is 0 Å². The maximum Gasteiger partial charge on any atom is 0.228 e. The molecule has 0 unspecified atom stereocenters. The van der Waals surface area contributed by atoms with Gasteiger partial charge in [-0.3, -0.25) is 9.69 Å². The Morgan fingerprint density at radius 2 is 2.00 bits per heavy atom. The Kier molecular flexibility index (Phi) is 5.02. The Morgan fingerprint density at radius 3 is 2.61 bits per heavy atom. The molecule has 2 atom stereocenters. The van der Waals surface area contributed by atoms with E-state index in [9.17, 15) is 4.79 Å². The average molecular weight is 321 g/mol. The maximum atomic E-state index is 12.7. The van der Waals surface area contributed by atoms with E-state index in [0.29, 0.717) is 0 Å². The number of hydrogen-bond acceptors (Lipinski definition) is 5. The van der Waals surface area contributed by atoms with Crippen molar-refractivity contribution in [2.75, 3.05) is 32.8 Å². The van der Waals surface area contributed by atoms with Gasteiger partial charge in [-0.25, -0.2) is 0 Å². The summed E-state index contributed by atoms with van der Waals surface area (Å²) in [5.41, 5.74) is 2.15. The third-order valence-corrected chi connectivity index (χ3v) is 5.17. The molecule has 128 valence electrons. The van der Waals surface area contributed by atoms with Gasteiger partial charge in [-0.15, -0.1) is 0 Å². The van der Waals surface area contributed by atoms with Crippen LogP contribution in [0.5, 0.6) is 0 Å². The van der Waals surface area contributed by atoms with Crippen LogP contribution in [0.15, 0.2) is 4.52 Å². The first-order valence-corrected chi connectivity index (χ1v) is 8.60. The van der Waals surface area contributed by atoms with Gasteiger partial charge in [-0.2, -0.15) is 0 Å². The Balaban J connectivity index is 1.53. The van der Waals surface area contributed by atoms with Crippen LogP contribution in [0, 0.1) is 19.8 Å². The molecule has 1 amide bonds. The summed E-state index contributed by atoms with van der Waals surface area (Å²) in [5.74, 6) is 1.21. The lowest BCUT2D eigenvalue weighted by molar-refractivity contribution is -0.145. The summed E-state index contributed by atoms with van der Waals surface area (Å²) in [6.45, 7) is 11.0. The minimum atomic E-state index is 0.0397. The zero-order chi connectivity index (χ0) is 16.4. The Hall–Kier alpha value is -1.40. The molecule has 2 aliphatic heterocycles. The highest BCUT2D eigenvalue weighted by Gasteiger charge is 2.33. The highest BCUT2D eigenvalue weighted by molar-refractivity contribution is 5.79. The van der Waals surface area contributed by atoms with Crippen molar-refractivity contribution in [1.82, 2.24) is 15.0 Å². The minimum Gasteiger partial charge on any atom is -0.378 e. The van der Waals surface area contributed by atoms with Crippen molar-refractivity contribution in [3.63, 3.8) is 0 Å². The molecule has 0 bridgehead atoms. The third-order valence-electron chi connectivity index (χ3n) is 5.17. The Morgan fingerprint density at radius 1 is 1.26 bits per heavy atom. The molecule has 2 aliphatic rings. The van der Waals surface area contributed by atoms with Crippen molar-refractivity contribution in [3.05, 3.63) is 17.0 Å². The van der Waals surface area contributed by atoms with Gasteiger partial charge in [-0.05, 0) is 33.6 Å². The summed E-state index contributed by atoms with van der Waals surface area (Å²) < 4.78 is 10.9. The predicted octanol–water partition coefficient (Wildman–Crippen LogP) is 1.75. The van der Waals surface area contributed by atoms with E-state index in [4.69, 9.17) is 9.26 Å². The second-order valence-corrected chi connectivity index (χ2v) is 6.73. The first-order chi connectivity index (χ1) is 11.1. The van der Waals surface area contributed by atoms with Crippen LogP contribution in [-0.4, -0.2) is 59.8 Å². The number of carbonyl (C=O) groups excluding carboxylic acids is 1. The van der Waals surface area contributed by atoms with E-state index in [-0.39, 0.29) is 17.9 Å². The maximum absolute atomic E-state index is 12.7. The van der Waals surface area contributed by atoms with Crippen LogP contribution in [0.25, 0.3) is 0 Å². The van der Waals surface area contributed by atoms with Crippen molar-refractivity contribution in [1.29, 1.82) is 0 Å². The van der Waals surface area contributed by atoms with Crippen molar-refractivity contribution < 1.29 is 14.1 Å². The molecule has 2 fully saturated rings. The van der Waals surface area contributed by atoms with Gasteiger partial charge in [0, 0.05) is 44.9 Å². The van der Waals surface area contributed by atoms with E-state index in [0.717, 1.165) is 63.6 Å². The molecule has 3 heterocycles. The number of piperazine rings is 1. The summed E-state index contributed by atoms with van der Waals surface area (Å²) in [5, 5.41) is 4.01. The fourth-order valence-corrected chi connectivity index (χ4v) is 3.56. The van der Waals surface area contributed by atoms with Crippen molar-refractivity contribution in [2.45, 2.75) is 46.3 Å². The number of aryl methyl sites for hydroxylation is 2. The number of amides is 1. The SMILES string of the molecule is Cc1noc(C)c1CN1CCN(C(=O)[C@@H]2CCCO[C@H]2C)CC1. The molecule has 0 aliphatic carbocycles. The Labute approximate surface area is 137 Å². The van der Waals surface area contributed by atoms with E-state index in [1.807, 2.05) is 25.7 Å². The summed E-state index contributed by atoms with van der Waals surface area (Å²) in [7, 11) is 0. The highest BCUT2D eigenvalue weighted by Crippen LogP contribution is 2.24. The standard InChI is InChI=1S/C17H27N3O3/c1-12-16(14(3)23-18-12)11-19-6-8-20(9-7-19)17(21)15-5-4-10-22-13(15)2/h13,15H,4-11H2,1-3H3/t13-,15+/m0/s1. The van der Waals surface area contributed by atoms with Crippen molar-refractivity contribution in [3.8, 4) is 0 Å². The number of rotatable bonds is 3. The number of hydrogen-bond donors (Lipinski definition) is 0. The Bertz CT molecular complexity index is 530. The average Bonchev–Trinajstić information content (AvgIpc) is 2.87. The van der Waals surface area contributed by atoms with Crippen LogP contribution in [0.4, 0.5) is 0 Å². The zero-order valence-electron chi connectivity index (χ0n) is 14.4. The number of aromatic nitrogens is 1. The van der Waals surface area contributed by atoms with Crippen LogP contribution in [0.3, 0.4) is 0 Å². The lowest BCUT2D eigenvalue weighted by Gasteiger charge is -2.38. The van der Waals surface area contributed by atoms with Gasteiger partial charge < -0.3 is 14.2 Å². The van der Waals surface area contributed by atoms with Crippen LogP contribution in [0.1, 0.15) is 36.8 Å². The van der Waals surface area contributed by atoms with E-state index in [1.165, 1.54) is 5.56 Å². The minimum absolute atomic E-state index is 0.0397. The molecular formula is C17H27N3O3. The molecule has 0 saturated carbocycles. The molecule has 6 heteroatoms. The highest BCUT2D eigenvalue weighted by atomic mass is 16.5. The van der Waals surface area contributed by atoms with E-state index >= 15 is 0 Å². The van der Waals surface area contributed by atoms with Gasteiger partial charge in [-0.1, -0.05) is 5.16 Å². The topological polar surface area (TPSA) is 58.8 Å². The normalized spacial score (nSPS) is 26.5. The fraction of sp³-hybridized carbons (Fsp3) is 0.765. The first-order valence-electron chi connectivity index (χ1n) is 8.60. The van der Waals surface area contributed by atoms with E-state index in [1.54, 1.807) is 0 Å². The molecule has 1 aromatic rings. The molecule has 2 saturated heterocycles. The third kappa shape index (κ3) is 3.58. The fourth-order valence-electron chi connectivity index (χ4n) is 3.56. The van der Waals surface area contributed by atoms with Gasteiger partial charge in [0.05, 0.1) is 17.7 Å². The molecule has 0 radical (unpaired) electrons. The van der Waals surface area contributed by atoms with Gasteiger partial charge in [0.2, 0.25) is 5.91 Å². The van der Waals surface area contributed by atoms with Crippen LogP contribution in [-0.2, 0) is 16.1 Å². The molecule has 0 N–H and O–H groups in total. The second-order valence-electron chi connectivity index (χ2n) is 6.73. The summed E-state index contributed by atoms with van der Waals surface area (Å²) in [6, 6.07) is 0. The molecule has 3 rings (SSSR count). The zero-order valence-corrected chi connectivity index (χ0v) is 14.4. The van der Waals surface area contributed by atoms with Crippen LogP contribution in [0.2, 0.25) is 0 Å². The van der Waals surface area contributed by atoms with Gasteiger partial charge in [0.25, 0.3) is 0 Å². The summed E-state index contributed by atoms with van der Waals surface area (Å²) in [6.07, 6.45) is 2.00. The number of ether oxygens (including phenoxy) is 1. The molecule has 0 spiro atoms. The predicted molar refractivity (Wildman–Crippen MR) is 86.0 cm³/mol. The summed E-state index contributed by atoms with van der Waals surface area (Å²) in [4.78, 5) is 17.1. The van der Waals surface area contributed by atoms with Crippen molar-refractivity contribution >= 4 is 5.91 Å². The summed E-state index contributed by atoms with van der Waals surface area (Å²) >= 11 is 0. The quantitative estimate of drug-likeness (QED) is 0.849. The molecule has 1 aromatic heterocycles. The lowest BCUT2D eigenvalue weighted by Crippen LogP contribution is -2.52. The van der Waals surface area contributed by atoms with E-state index in [2.05, 4.69) is 10.1 Å².